The minimum Gasteiger partial charge on any atom is -0.507 e. The molecule has 2 aromatic rings. The highest BCUT2D eigenvalue weighted by atomic mass is 79.9. The van der Waals surface area contributed by atoms with Gasteiger partial charge < -0.3 is 14.9 Å². The zero-order chi connectivity index (χ0) is 15.7. The summed E-state index contributed by atoms with van der Waals surface area (Å²) < 4.78 is 5.67. The smallest absolute Gasteiger partial charge is 0.338 e. The first kappa shape index (κ1) is 14.9. The van der Waals surface area contributed by atoms with Crippen LogP contribution in [0.15, 0.2) is 40.9 Å². The summed E-state index contributed by atoms with van der Waals surface area (Å²) in [6, 6.07) is 10.7. The first-order chi connectivity index (χ1) is 10.5. The second-order valence-electron chi connectivity index (χ2n) is 5.37. The standard InChI is InChI=1S/C17H15BrO4/c18-16-14(19)8-12(9-15(16)20)17(21)22-13-6-5-10-3-1-2-4-11(10)7-13/h1-4,8-9,13,19-20H,5-7H2/t13-/m0/s1. The van der Waals surface area contributed by atoms with E-state index in [-0.39, 0.29) is 27.6 Å². The van der Waals surface area contributed by atoms with Crippen LogP contribution in [0.3, 0.4) is 0 Å². The molecule has 2 N–H and O–H groups in total. The number of halogens is 1. The number of hydrogen-bond donors (Lipinski definition) is 2. The van der Waals surface area contributed by atoms with E-state index >= 15 is 0 Å². The Balaban J connectivity index is 1.73. The highest BCUT2D eigenvalue weighted by Gasteiger charge is 2.23. The minimum atomic E-state index is -0.539. The molecule has 2 aromatic carbocycles. The fraction of sp³-hybridized carbons (Fsp3) is 0.235. The van der Waals surface area contributed by atoms with Gasteiger partial charge in [-0.05, 0) is 52.0 Å². The largest absolute Gasteiger partial charge is 0.507 e. The summed E-state index contributed by atoms with van der Waals surface area (Å²) in [5, 5.41) is 19.3. The zero-order valence-electron chi connectivity index (χ0n) is 11.8. The summed E-state index contributed by atoms with van der Waals surface area (Å²) in [4.78, 5) is 12.2. The Labute approximate surface area is 136 Å². The van der Waals surface area contributed by atoms with Crippen LogP contribution < -0.4 is 0 Å². The van der Waals surface area contributed by atoms with E-state index in [0.29, 0.717) is 6.42 Å². The van der Waals surface area contributed by atoms with Gasteiger partial charge in [0.25, 0.3) is 0 Å². The molecule has 1 aliphatic rings. The van der Waals surface area contributed by atoms with Gasteiger partial charge >= 0.3 is 5.97 Å². The van der Waals surface area contributed by atoms with Crippen LogP contribution >= 0.6 is 15.9 Å². The Morgan fingerprint density at radius 1 is 1.14 bits per heavy atom. The Hall–Kier alpha value is -2.01. The molecular formula is C17H15BrO4. The number of aromatic hydroxyl groups is 2. The second-order valence-corrected chi connectivity index (χ2v) is 6.16. The molecule has 0 bridgehead atoms. The monoisotopic (exact) mass is 362 g/mol. The van der Waals surface area contributed by atoms with Crippen LogP contribution in [0.4, 0.5) is 0 Å². The molecule has 0 aromatic heterocycles. The molecule has 22 heavy (non-hydrogen) atoms. The van der Waals surface area contributed by atoms with E-state index < -0.39 is 5.97 Å². The Morgan fingerprint density at radius 3 is 2.45 bits per heavy atom. The molecule has 0 heterocycles. The number of phenols is 2. The third kappa shape index (κ3) is 2.95. The molecule has 5 heteroatoms. The number of benzene rings is 2. The maximum absolute atomic E-state index is 12.2. The second kappa shape index (κ2) is 6.01. The lowest BCUT2D eigenvalue weighted by Gasteiger charge is -2.24. The fourth-order valence-corrected chi connectivity index (χ4v) is 2.93. The summed E-state index contributed by atoms with van der Waals surface area (Å²) in [5.74, 6) is -0.927. The Morgan fingerprint density at radius 2 is 1.77 bits per heavy atom. The molecule has 114 valence electrons. The predicted molar refractivity (Wildman–Crippen MR) is 85.1 cm³/mol. The van der Waals surface area contributed by atoms with Gasteiger partial charge in [0.1, 0.15) is 22.1 Å². The van der Waals surface area contributed by atoms with Crippen LogP contribution in [0.25, 0.3) is 0 Å². The van der Waals surface area contributed by atoms with Crippen molar-refractivity contribution >= 4 is 21.9 Å². The van der Waals surface area contributed by atoms with Crippen molar-refractivity contribution in [3.63, 3.8) is 0 Å². The van der Waals surface area contributed by atoms with Gasteiger partial charge in [0.2, 0.25) is 0 Å². The van der Waals surface area contributed by atoms with Crippen molar-refractivity contribution in [2.45, 2.75) is 25.4 Å². The number of hydrogen-bond acceptors (Lipinski definition) is 4. The number of phenolic OH excluding ortho intramolecular Hbond substituents is 2. The van der Waals surface area contributed by atoms with Crippen molar-refractivity contribution in [1.82, 2.24) is 0 Å². The molecule has 0 spiro atoms. The third-order valence-corrected chi connectivity index (χ3v) is 4.66. The van der Waals surface area contributed by atoms with E-state index in [1.165, 1.54) is 23.3 Å². The first-order valence-corrected chi connectivity index (χ1v) is 7.83. The first-order valence-electron chi connectivity index (χ1n) is 7.04. The number of esters is 1. The van der Waals surface area contributed by atoms with Crippen LogP contribution in [-0.2, 0) is 17.6 Å². The highest BCUT2D eigenvalue weighted by molar-refractivity contribution is 9.10. The van der Waals surface area contributed by atoms with Crippen LogP contribution in [0.5, 0.6) is 11.5 Å². The molecule has 0 fully saturated rings. The summed E-state index contributed by atoms with van der Waals surface area (Å²) in [6.07, 6.45) is 2.16. The zero-order valence-corrected chi connectivity index (χ0v) is 13.3. The van der Waals surface area contributed by atoms with Gasteiger partial charge in [-0.3, -0.25) is 0 Å². The SMILES string of the molecule is O=C(O[C@H]1CCc2ccccc2C1)c1cc(O)c(Br)c(O)c1. The molecule has 0 aliphatic heterocycles. The van der Waals surface area contributed by atoms with Crippen molar-refractivity contribution in [2.24, 2.45) is 0 Å². The van der Waals surface area contributed by atoms with Crippen LogP contribution in [0.2, 0.25) is 0 Å². The van der Waals surface area contributed by atoms with Crippen LogP contribution in [-0.4, -0.2) is 22.3 Å². The molecule has 3 rings (SSSR count). The molecular weight excluding hydrogens is 348 g/mol. The van der Waals surface area contributed by atoms with Crippen LogP contribution in [0.1, 0.15) is 27.9 Å². The van der Waals surface area contributed by atoms with Gasteiger partial charge in [0, 0.05) is 6.42 Å². The lowest BCUT2D eigenvalue weighted by Crippen LogP contribution is -2.25. The van der Waals surface area contributed by atoms with E-state index in [4.69, 9.17) is 4.74 Å². The predicted octanol–water partition coefficient (Wildman–Crippen LogP) is 3.57. The average Bonchev–Trinajstić information content (AvgIpc) is 2.52. The summed E-state index contributed by atoms with van der Waals surface area (Å²) >= 11 is 3.03. The van der Waals surface area contributed by atoms with E-state index in [9.17, 15) is 15.0 Å². The summed E-state index contributed by atoms with van der Waals surface area (Å²) in [7, 11) is 0. The molecule has 0 radical (unpaired) electrons. The number of aryl methyl sites for hydroxylation is 1. The minimum absolute atomic E-state index is 0.136. The van der Waals surface area contributed by atoms with E-state index in [1.807, 2.05) is 18.2 Å². The van der Waals surface area contributed by atoms with E-state index in [1.54, 1.807) is 0 Å². The van der Waals surface area contributed by atoms with Crippen molar-refractivity contribution in [1.29, 1.82) is 0 Å². The molecule has 1 atom stereocenters. The van der Waals surface area contributed by atoms with Gasteiger partial charge in [0.15, 0.2) is 0 Å². The van der Waals surface area contributed by atoms with Gasteiger partial charge in [-0.2, -0.15) is 0 Å². The van der Waals surface area contributed by atoms with Crippen molar-refractivity contribution in [3.8, 4) is 11.5 Å². The number of fused-ring (bicyclic) bond motifs is 1. The third-order valence-electron chi connectivity index (χ3n) is 3.85. The lowest BCUT2D eigenvalue weighted by atomic mass is 9.90. The van der Waals surface area contributed by atoms with Gasteiger partial charge in [-0.1, -0.05) is 24.3 Å². The van der Waals surface area contributed by atoms with Crippen molar-refractivity contribution in [3.05, 3.63) is 57.6 Å². The average molecular weight is 363 g/mol. The number of rotatable bonds is 2. The van der Waals surface area contributed by atoms with Gasteiger partial charge in [-0.25, -0.2) is 4.79 Å². The molecule has 0 unspecified atom stereocenters. The van der Waals surface area contributed by atoms with E-state index in [0.717, 1.165) is 12.8 Å². The van der Waals surface area contributed by atoms with Crippen molar-refractivity contribution < 1.29 is 19.7 Å². The summed E-state index contributed by atoms with van der Waals surface area (Å²) in [6.45, 7) is 0. The molecule has 1 aliphatic carbocycles. The van der Waals surface area contributed by atoms with Gasteiger partial charge in [0.05, 0.1) is 5.56 Å². The number of carbonyl (C=O) groups is 1. The fourth-order valence-electron chi connectivity index (χ4n) is 2.70. The summed E-state index contributed by atoms with van der Waals surface area (Å²) in [5.41, 5.74) is 2.64. The van der Waals surface area contributed by atoms with E-state index in [2.05, 4.69) is 22.0 Å². The topological polar surface area (TPSA) is 66.8 Å². The van der Waals surface area contributed by atoms with Gasteiger partial charge in [-0.15, -0.1) is 0 Å². The highest BCUT2D eigenvalue weighted by Crippen LogP contribution is 2.34. The Bertz CT molecular complexity index is 703. The number of carbonyl (C=O) groups excluding carboxylic acids is 1. The quantitative estimate of drug-likeness (QED) is 0.801. The normalized spacial score (nSPS) is 16.9. The van der Waals surface area contributed by atoms with Crippen molar-refractivity contribution in [2.75, 3.05) is 0 Å². The molecule has 0 amide bonds. The molecule has 0 saturated carbocycles. The maximum Gasteiger partial charge on any atom is 0.338 e. The number of ether oxygens (including phenoxy) is 1. The molecule has 0 saturated heterocycles. The molecule has 4 nitrogen and oxygen atoms in total. The van der Waals surface area contributed by atoms with Crippen LogP contribution in [0, 0.1) is 0 Å². The maximum atomic E-state index is 12.2. The lowest BCUT2D eigenvalue weighted by molar-refractivity contribution is 0.0270. The Kier molecular flexibility index (Phi) is 4.07.